The molecule has 108 valence electrons. The van der Waals surface area contributed by atoms with Crippen LogP contribution in [0.15, 0.2) is 29.3 Å². The van der Waals surface area contributed by atoms with Gasteiger partial charge in [-0.2, -0.15) is 4.99 Å². The molecule has 1 aliphatic rings. The summed E-state index contributed by atoms with van der Waals surface area (Å²) in [5, 5.41) is 42.1. The van der Waals surface area contributed by atoms with Gasteiger partial charge in [0.15, 0.2) is 0 Å². The molecule has 4 N–H and O–H groups in total. The predicted molar refractivity (Wildman–Crippen MR) is 73.6 cm³/mol. The van der Waals surface area contributed by atoms with E-state index in [1.807, 2.05) is 0 Å². The van der Waals surface area contributed by atoms with Crippen LogP contribution in [0, 0.1) is 0 Å². The number of isothiocyanates is 1. The molecule has 7 heteroatoms. The number of hydrogen-bond acceptors (Lipinski definition) is 7. The highest BCUT2D eigenvalue weighted by molar-refractivity contribution is 7.78. The van der Waals surface area contributed by atoms with E-state index in [-0.39, 0.29) is 5.56 Å². The highest BCUT2D eigenvalue weighted by atomic mass is 32.1. The zero-order valence-corrected chi connectivity index (χ0v) is 11.5. The summed E-state index contributed by atoms with van der Waals surface area (Å²) in [4.78, 5) is 3.77. The summed E-state index contributed by atoms with van der Waals surface area (Å²) in [5.74, 6) is -2.10. The summed E-state index contributed by atoms with van der Waals surface area (Å²) >= 11 is 4.48. The SMILES string of the molecule is C[C@@H]1O[C@](O)(c2ccc(N=C=S)cc2)[C@@H](O)[C@H](O)[C@@H]1O. The number of benzene rings is 1. The molecular weight excluding hydrogens is 282 g/mol. The second-order valence-electron chi connectivity index (χ2n) is 4.70. The van der Waals surface area contributed by atoms with Crippen molar-refractivity contribution in [2.45, 2.75) is 37.1 Å². The molecule has 5 atom stereocenters. The van der Waals surface area contributed by atoms with Crippen molar-refractivity contribution in [1.29, 1.82) is 0 Å². The third-order valence-corrected chi connectivity index (χ3v) is 3.47. The molecule has 20 heavy (non-hydrogen) atoms. The van der Waals surface area contributed by atoms with Gasteiger partial charge >= 0.3 is 0 Å². The first kappa shape index (κ1) is 15.2. The zero-order valence-electron chi connectivity index (χ0n) is 10.7. The molecule has 0 amide bonds. The van der Waals surface area contributed by atoms with E-state index >= 15 is 0 Å². The Hall–Kier alpha value is -1.18. The lowest BCUT2D eigenvalue weighted by atomic mass is 9.88. The van der Waals surface area contributed by atoms with E-state index in [0.717, 1.165) is 0 Å². The maximum atomic E-state index is 10.5. The fourth-order valence-electron chi connectivity index (χ4n) is 2.19. The lowest BCUT2D eigenvalue weighted by Gasteiger charge is -2.45. The van der Waals surface area contributed by atoms with Crippen molar-refractivity contribution in [2.75, 3.05) is 0 Å². The van der Waals surface area contributed by atoms with Gasteiger partial charge in [0.05, 0.1) is 17.0 Å². The van der Waals surface area contributed by atoms with Crippen LogP contribution in [-0.2, 0) is 10.5 Å². The minimum Gasteiger partial charge on any atom is -0.388 e. The third kappa shape index (κ3) is 2.53. The summed E-state index contributed by atoms with van der Waals surface area (Å²) in [7, 11) is 0. The quantitative estimate of drug-likeness (QED) is 0.455. The van der Waals surface area contributed by atoms with Crippen LogP contribution < -0.4 is 0 Å². The van der Waals surface area contributed by atoms with Crippen LogP contribution >= 0.6 is 12.2 Å². The van der Waals surface area contributed by atoms with Gasteiger partial charge in [-0.25, -0.2) is 0 Å². The van der Waals surface area contributed by atoms with Crippen LogP contribution in [0.25, 0.3) is 0 Å². The molecule has 0 unspecified atom stereocenters. The molecule has 0 saturated carbocycles. The standard InChI is InChI=1S/C13H15NO5S/c1-7-10(15)11(16)12(17)13(18,19-7)8-2-4-9(5-3-8)14-6-20/h2-5,7,10-12,15-18H,1H3/t7-,10+,11+,12-,13+/m0/s1. The number of aliphatic imine (C=N–C) groups is 1. The van der Waals surface area contributed by atoms with Gasteiger partial charge in [-0.1, -0.05) is 12.1 Å². The van der Waals surface area contributed by atoms with Gasteiger partial charge in [0, 0.05) is 5.56 Å². The molecular formula is C13H15NO5S. The van der Waals surface area contributed by atoms with Gasteiger partial charge in [-0.15, -0.1) is 0 Å². The van der Waals surface area contributed by atoms with E-state index in [0.29, 0.717) is 5.69 Å². The van der Waals surface area contributed by atoms with Crippen LogP contribution in [-0.4, -0.2) is 50.0 Å². The number of hydrogen-bond donors (Lipinski definition) is 4. The monoisotopic (exact) mass is 297 g/mol. The molecule has 6 nitrogen and oxygen atoms in total. The average Bonchev–Trinajstić information content (AvgIpc) is 2.44. The van der Waals surface area contributed by atoms with Crippen LogP contribution in [0.3, 0.4) is 0 Å². The van der Waals surface area contributed by atoms with Crippen molar-refractivity contribution < 1.29 is 25.2 Å². The number of thiocarbonyl (C=S) groups is 1. The largest absolute Gasteiger partial charge is 0.388 e. The van der Waals surface area contributed by atoms with Gasteiger partial charge in [-0.3, -0.25) is 0 Å². The number of ether oxygens (including phenoxy) is 1. The Kier molecular flexibility index (Phi) is 4.31. The summed E-state index contributed by atoms with van der Waals surface area (Å²) in [5.41, 5.74) is 0.775. The zero-order chi connectivity index (χ0) is 14.9. The molecule has 0 aliphatic carbocycles. The van der Waals surface area contributed by atoms with Crippen molar-refractivity contribution in [3.8, 4) is 0 Å². The average molecular weight is 297 g/mol. The van der Waals surface area contributed by atoms with Crippen molar-refractivity contribution in [2.24, 2.45) is 4.99 Å². The van der Waals surface area contributed by atoms with Gasteiger partial charge in [0.25, 0.3) is 0 Å². The van der Waals surface area contributed by atoms with Crippen LogP contribution in [0.2, 0.25) is 0 Å². The van der Waals surface area contributed by atoms with Gasteiger partial charge in [-0.05, 0) is 31.3 Å². The van der Waals surface area contributed by atoms with E-state index < -0.39 is 30.2 Å². The molecule has 0 bridgehead atoms. The predicted octanol–water partition coefficient (Wildman–Crippen LogP) is 0.0674. The molecule has 1 fully saturated rings. The Bertz CT molecular complexity index is 530. The molecule has 1 heterocycles. The minimum absolute atomic E-state index is 0.242. The number of aliphatic hydroxyl groups is 4. The molecule has 1 aliphatic heterocycles. The molecule has 0 spiro atoms. The summed E-state index contributed by atoms with van der Waals surface area (Å²) in [6, 6.07) is 6.10. The lowest BCUT2D eigenvalue weighted by molar-refractivity contribution is -0.351. The Balaban J connectivity index is 2.35. The van der Waals surface area contributed by atoms with Gasteiger partial charge in [0.1, 0.15) is 18.3 Å². The van der Waals surface area contributed by atoms with E-state index in [4.69, 9.17) is 4.74 Å². The molecule has 1 saturated heterocycles. The molecule has 2 rings (SSSR count). The molecule has 0 radical (unpaired) electrons. The fourth-order valence-corrected chi connectivity index (χ4v) is 2.29. The van der Waals surface area contributed by atoms with Gasteiger partial charge < -0.3 is 25.2 Å². The molecule has 0 aromatic heterocycles. The summed E-state index contributed by atoms with van der Waals surface area (Å²) in [6.07, 6.45) is -5.29. The van der Waals surface area contributed by atoms with Gasteiger partial charge in [0.2, 0.25) is 5.79 Å². The van der Waals surface area contributed by atoms with Crippen molar-refractivity contribution in [3.05, 3.63) is 29.8 Å². The van der Waals surface area contributed by atoms with E-state index in [2.05, 4.69) is 22.4 Å². The Morgan fingerprint density at radius 1 is 1.20 bits per heavy atom. The Labute approximate surface area is 121 Å². The Morgan fingerprint density at radius 3 is 2.35 bits per heavy atom. The normalized spacial score (nSPS) is 37.2. The number of aliphatic hydroxyl groups excluding tert-OH is 3. The van der Waals surface area contributed by atoms with E-state index in [1.165, 1.54) is 19.1 Å². The third-order valence-electron chi connectivity index (χ3n) is 3.38. The van der Waals surface area contributed by atoms with Crippen molar-refractivity contribution >= 4 is 23.1 Å². The second-order valence-corrected chi connectivity index (χ2v) is 4.88. The smallest absolute Gasteiger partial charge is 0.222 e. The maximum absolute atomic E-state index is 10.5. The van der Waals surface area contributed by atoms with Crippen LogP contribution in [0.5, 0.6) is 0 Å². The van der Waals surface area contributed by atoms with Crippen LogP contribution in [0.4, 0.5) is 5.69 Å². The fraction of sp³-hybridized carbons (Fsp3) is 0.462. The highest BCUT2D eigenvalue weighted by Gasteiger charge is 2.52. The summed E-state index contributed by atoms with van der Waals surface area (Å²) in [6.45, 7) is 1.50. The number of nitrogens with zero attached hydrogens (tertiary/aromatic N) is 1. The highest BCUT2D eigenvalue weighted by Crippen LogP contribution is 2.36. The van der Waals surface area contributed by atoms with Crippen LogP contribution in [0.1, 0.15) is 12.5 Å². The van der Waals surface area contributed by atoms with E-state index in [9.17, 15) is 20.4 Å². The van der Waals surface area contributed by atoms with Crippen molar-refractivity contribution in [3.63, 3.8) is 0 Å². The van der Waals surface area contributed by atoms with Crippen molar-refractivity contribution in [1.82, 2.24) is 0 Å². The summed E-state index contributed by atoms with van der Waals surface area (Å²) < 4.78 is 5.28. The lowest BCUT2D eigenvalue weighted by Crippen LogP contribution is -2.62. The van der Waals surface area contributed by atoms with E-state index in [1.54, 1.807) is 12.1 Å². The molecule has 1 aromatic rings. The first-order valence-electron chi connectivity index (χ1n) is 6.03. The first-order chi connectivity index (χ1) is 9.40. The first-order valence-corrected chi connectivity index (χ1v) is 6.44. The maximum Gasteiger partial charge on any atom is 0.222 e. The minimum atomic E-state index is -2.10. The number of rotatable bonds is 2. The molecule has 1 aromatic carbocycles. The topological polar surface area (TPSA) is 103 Å². The Morgan fingerprint density at radius 2 is 1.80 bits per heavy atom. The second kappa shape index (κ2) is 5.67.